The fraction of sp³-hybridized carbons (Fsp3) is 0.481. The van der Waals surface area contributed by atoms with Gasteiger partial charge >= 0.3 is 12.1 Å². The van der Waals surface area contributed by atoms with Crippen molar-refractivity contribution in [3.05, 3.63) is 47.4 Å². The van der Waals surface area contributed by atoms with Crippen LogP contribution in [-0.4, -0.2) is 68.4 Å². The summed E-state index contributed by atoms with van der Waals surface area (Å²) in [7, 11) is 0. The number of piperazine rings is 1. The van der Waals surface area contributed by atoms with Gasteiger partial charge in [0.25, 0.3) is 0 Å². The zero-order valence-electron chi connectivity index (χ0n) is 22.4. The third-order valence-corrected chi connectivity index (χ3v) is 6.05. The molecule has 1 aromatic carbocycles. The largest absolute Gasteiger partial charge is 0.456 e. The first-order valence-electron chi connectivity index (χ1n) is 12.3. The minimum Gasteiger partial charge on any atom is -0.456 e. The van der Waals surface area contributed by atoms with Crippen LogP contribution in [0, 0.1) is 0 Å². The normalized spacial score (nSPS) is 16.7. The van der Waals surface area contributed by atoms with E-state index < -0.39 is 17.2 Å². The van der Waals surface area contributed by atoms with Crippen molar-refractivity contribution < 1.29 is 19.1 Å². The van der Waals surface area contributed by atoms with E-state index in [2.05, 4.69) is 14.9 Å². The minimum absolute atomic E-state index is 0.0830. The summed E-state index contributed by atoms with van der Waals surface area (Å²) in [5.41, 5.74) is 0.447. The van der Waals surface area contributed by atoms with E-state index >= 15 is 0 Å². The zero-order chi connectivity index (χ0) is 27.1. The van der Waals surface area contributed by atoms with Gasteiger partial charge in [-0.05, 0) is 66.7 Å². The number of aromatic nitrogens is 3. The second-order valence-electron chi connectivity index (χ2n) is 11.3. The zero-order valence-corrected chi connectivity index (χ0v) is 23.2. The van der Waals surface area contributed by atoms with Crippen LogP contribution in [-0.2, 0) is 9.47 Å². The molecule has 10 heteroatoms. The first-order chi connectivity index (χ1) is 17.2. The monoisotopic (exact) mass is 527 g/mol. The summed E-state index contributed by atoms with van der Waals surface area (Å²) in [4.78, 5) is 39.0. The van der Waals surface area contributed by atoms with Crippen LogP contribution in [0.1, 0.15) is 58.8 Å². The van der Waals surface area contributed by atoms with Crippen molar-refractivity contribution in [3.63, 3.8) is 0 Å². The van der Waals surface area contributed by atoms with Gasteiger partial charge in [-0.25, -0.2) is 19.6 Å². The number of rotatable bonds is 3. The highest BCUT2D eigenvalue weighted by atomic mass is 35.5. The van der Waals surface area contributed by atoms with Crippen LogP contribution in [0.25, 0.3) is 16.7 Å². The van der Waals surface area contributed by atoms with Gasteiger partial charge in [-0.3, -0.25) is 0 Å². The predicted octanol–water partition coefficient (Wildman–Crippen LogP) is 5.47. The molecule has 0 radical (unpaired) electrons. The molecule has 0 saturated carbocycles. The number of amides is 1. The summed E-state index contributed by atoms with van der Waals surface area (Å²) in [6.07, 6.45) is 2.88. The molecule has 1 aliphatic rings. The van der Waals surface area contributed by atoms with Crippen molar-refractivity contribution in [2.45, 2.75) is 65.7 Å². The van der Waals surface area contributed by atoms with Gasteiger partial charge in [-0.1, -0.05) is 17.7 Å². The van der Waals surface area contributed by atoms with E-state index in [1.165, 1.54) is 6.33 Å². The number of ether oxygens (including phenoxy) is 2. The Bertz CT molecular complexity index is 1320. The number of hydrogen-bond donors (Lipinski definition) is 0. The maximum absolute atomic E-state index is 13.4. The number of nitrogens with zero attached hydrogens (tertiary/aromatic N) is 5. The number of anilines is 1. The SMILES string of the molecule is CC1CN(C(=O)OC(C)(C)C)CCN1c1ncnc2c1c(C(=O)OC(C)(C)C)cn2-c1cccc(Cl)c1. The van der Waals surface area contributed by atoms with Crippen LogP contribution in [0.2, 0.25) is 5.02 Å². The average Bonchev–Trinajstić information content (AvgIpc) is 3.17. The molecule has 1 aliphatic heterocycles. The maximum Gasteiger partial charge on any atom is 0.410 e. The molecule has 9 nitrogen and oxygen atoms in total. The van der Waals surface area contributed by atoms with Gasteiger partial charge in [0.2, 0.25) is 0 Å². The Morgan fingerprint density at radius 2 is 1.73 bits per heavy atom. The number of fused-ring (bicyclic) bond motifs is 1. The van der Waals surface area contributed by atoms with Gasteiger partial charge in [0.05, 0.1) is 10.9 Å². The molecule has 37 heavy (non-hydrogen) atoms. The first kappa shape index (κ1) is 26.7. The maximum atomic E-state index is 13.4. The molecule has 1 atom stereocenters. The molecule has 1 amide bonds. The second kappa shape index (κ2) is 9.85. The number of benzene rings is 1. The smallest absolute Gasteiger partial charge is 0.410 e. The molecule has 3 aromatic rings. The van der Waals surface area contributed by atoms with Crippen molar-refractivity contribution >= 4 is 40.5 Å². The quantitative estimate of drug-likeness (QED) is 0.417. The molecule has 0 bridgehead atoms. The molecule has 198 valence electrons. The lowest BCUT2D eigenvalue weighted by atomic mass is 10.1. The molecule has 0 spiro atoms. The first-order valence-corrected chi connectivity index (χ1v) is 12.7. The standard InChI is InChI=1S/C27H34ClN5O4/c1-17-14-31(25(35)37-27(5,6)7)11-12-32(17)22-21-20(24(34)36-26(2,3)4)15-33(23(21)30-16-29-22)19-10-8-9-18(28)13-19/h8-10,13,15-17H,11-12,14H2,1-7H3. The Morgan fingerprint density at radius 1 is 1.03 bits per heavy atom. The molecule has 1 fully saturated rings. The number of carbonyl (C=O) groups excluding carboxylic acids is 2. The third-order valence-electron chi connectivity index (χ3n) is 5.82. The highest BCUT2D eigenvalue weighted by Gasteiger charge is 2.33. The summed E-state index contributed by atoms with van der Waals surface area (Å²) in [5.74, 6) is 0.150. The molecule has 1 saturated heterocycles. The summed E-state index contributed by atoms with van der Waals surface area (Å²) in [6.45, 7) is 14.5. The van der Waals surface area contributed by atoms with Crippen LogP contribution < -0.4 is 4.90 Å². The number of carbonyl (C=O) groups is 2. The van der Waals surface area contributed by atoms with Crippen LogP contribution in [0.5, 0.6) is 0 Å². The summed E-state index contributed by atoms with van der Waals surface area (Å²) in [6, 6.07) is 7.26. The van der Waals surface area contributed by atoms with Crippen LogP contribution in [0.3, 0.4) is 0 Å². The fourth-order valence-electron chi connectivity index (χ4n) is 4.34. The van der Waals surface area contributed by atoms with Crippen LogP contribution >= 0.6 is 11.6 Å². The number of hydrogen-bond acceptors (Lipinski definition) is 7. The molecule has 0 N–H and O–H groups in total. The van der Waals surface area contributed by atoms with E-state index in [0.717, 1.165) is 5.69 Å². The van der Waals surface area contributed by atoms with Crippen molar-refractivity contribution in [2.24, 2.45) is 0 Å². The Morgan fingerprint density at radius 3 is 2.35 bits per heavy atom. The topological polar surface area (TPSA) is 89.8 Å². The lowest BCUT2D eigenvalue weighted by Crippen LogP contribution is -2.54. The van der Waals surface area contributed by atoms with Crippen LogP contribution in [0.15, 0.2) is 36.8 Å². The van der Waals surface area contributed by atoms with Crippen molar-refractivity contribution in [2.75, 3.05) is 24.5 Å². The molecule has 1 unspecified atom stereocenters. The number of esters is 1. The molecule has 3 heterocycles. The highest BCUT2D eigenvalue weighted by molar-refractivity contribution is 6.30. The van der Waals surface area contributed by atoms with Crippen LogP contribution in [0.4, 0.5) is 10.6 Å². The van der Waals surface area contributed by atoms with E-state index in [4.69, 9.17) is 21.1 Å². The van der Waals surface area contributed by atoms with E-state index in [9.17, 15) is 9.59 Å². The lowest BCUT2D eigenvalue weighted by Gasteiger charge is -2.41. The summed E-state index contributed by atoms with van der Waals surface area (Å²) < 4.78 is 13.1. The minimum atomic E-state index is -0.677. The summed E-state index contributed by atoms with van der Waals surface area (Å²) in [5, 5.41) is 1.16. The highest BCUT2D eigenvalue weighted by Crippen LogP contribution is 2.34. The molecule has 4 rings (SSSR count). The lowest BCUT2D eigenvalue weighted by molar-refractivity contribution is 0.00711. The average molecular weight is 528 g/mol. The van der Waals surface area contributed by atoms with E-state index in [0.29, 0.717) is 47.1 Å². The Hall–Kier alpha value is -3.33. The van der Waals surface area contributed by atoms with E-state index in [1.807, 2.05) is 71.2 Å². The Kier molecular flexibility index (Phi) is 7.12. The number of halogens is 1. The van der Waals surface area contributed by atoms with Gasteiger partial charge < -0.3 is 23.8 Å². The fourth-order valence-corrected chi connectivity index (χ4v) is 4.52. The van der Waals surface area contributed by atoms with E-state index in [1.54, 1.807) is 17.2 Å². The van der Waals surface area contributed by atoms with Crippen molar-refractivity contribution in [3.8, 4) is 5.69 Å². The molecule has 2 aromatic heterocycles. The molecule has 0 aliphatic carbocycles. The second-order valence-corrected chi connectivity index (χ2v) is 11.7. The molecular formula is C27H34ClN5O4. The third kappa shape index (κ3) is 5.98. The summed E-state index contributed by atoms with van der Waals surface area (Å²) >= 11 is 6.27. The Labute approximate surface area is 222 Å². The molecular weight excluding hydrogens is 494 g/mol. The van der Waals surface area contributed by atoms with Gasteiger partial charge in [0, 0.05) is 42.6 Å². The van der Waals surface area contributed by atoms with Gasteiger partial charge in [0.1, 0.15) is 23.3 Å². The van der Waals surface area contributed by atoms with E-state index in [-0.39, 0.29) is 12.1 Å². The van der Waals surface area contributed by atoms with Crippen molar-refractivity contribution in [1.82, 2.24) is 19.4 Å². The van der Waals surface area contributed by atoms with Gasteiger partial charge in [-0.15, -0.1) is 0 Å². The van der Waals surface area contributed by atoms with Gasteiger partial charge in [0.15, 0.2) is 5.65 Å². The van der Waals surface area contributed by atoms with Gasteiger partial charge in [-0.2, -0.15) is 0 Å². The predicted molar refractivity (Wildman–Crippen MR) is 144 cm³/mol. The van der Waals surface area contributed by atoms with Crippen molar-refractivity contribution in [1.29, 1.82) is 0 Å². The Balaban J connectivity index is 1.77.